The monoisotopic (exact) mass is 262 g/mol. The van der Waals surface area contributed by atoms with Crippen LogP contribution in [0.25, 0.3) is 5.52 Å². The van der Waals surface area contributed by atoms with Crippen LogP contribution < -0.4 is 10.6 Å². The van der Waals surface area contributed by atoms with Crippen molar-refractivity contribution in [2.45, 2.75) is 0 Å². The fourth-order valence-electron chi connectivity index (χ4n) is 1.56. The summed E-state index contributed by atoms with van der Waals surface area (Å²) in [5.41, 5.74) is 1.05. The van der Waals surface area contributed by atoms with Crippen LogP contribution in [0.5, 0.6) is 0 Å². The Morgan fingerprint density at radius 3 is 2.89 bits per heavy atom. The first kappa shape index (κ1) is 13.0. The molecule has 2 rings (SSSR count). The Labute approximate surface area is 109 Å². The van der Waals surface area contributed by atoms with Gasteiger partial charge in [-0.2, -0.15) is 5.10 Å². The molecule has 2 heterocycles. The Bertz CT molecular complexity index is 560. The molecule has 0 aromatic carbocycles. The Kier molecular flexibility index (Phi) is 4.09. The molecule has 0 aliphatic heterocycles. The summed E-state index contributed by atoms with van der Waals surface area (Å²) < 4.78 is 1.58. The number of hydrogen-bond acceptors (Lipinski definition) is 4. The lowest BCUT2D eigenvalue weighted by atomic mass is 10.3. The van der Waals surface area contributed by atoms with Crippen molar-refractivity contribution in [1.29, 1.82) is 0 Å². The first-order chi connectivity index (χ1) is 9.20. The fraction of sp³-hybridized carbons (Fsp3) is 0.250. The third-order valence-corrected chi connectivity index (χ3v) is 2.45. The molecule has 100 valence electrons. The van der Waals surface area contributed by atoms with Gasteiger partial charge in [0.1, 0.15) is 0 Å². The number of carbonyl (C=O) groups excluding carboxylic acids is 2. The predicted molar refractivity (Wildman–Crippen MR) is 67.6 cm³/mol. The van der Waals surface area contributed by atoms with Crippen LogP contribution in [-0.4, -0.2) is 46.2 Å². The van der Waals surface area contributed by atoms with E-state index in [9.17, 15) is 9.59 Å². The lowest BCUT2D eigenvalue weighted by Gasteiger charge is -2.03. The maximum atomic E-state index is 11.8. The molecule has 2 aromatic rings. The van der Waals surface area contributed by atoms with Crippen LogP contribution >= 0.6 is 0 Å². The van der Waals surface area contributed by atoms with Gasteiger partial charge >= 0.3 is 0 Å². The lowest BCUT2D eigenvalue weighted by Crippen LogP contribution is -2.38. The van der Waals surface area contributed by atoms with E-state index >= 15 is 0 Å². The zero-order chi connectivity index (χ0) is 13.7. The van der Waals surface area contributed by atoms with E-state index < -0.39 is 5.91 Å². The number of rotatable bonds is 5. The van der Waals surface area contributed by atoms with E-state index in [1.807, 2.05) is 18.2 Å². The molecular formula is C12H14N4O3. The zero-order valence-corrected chi connectivity index (χ0v) is 10.2. The average molecular weight is 262 g/mol. The highest BCUT2D eigenvalue weighted by Crippen LogP contribution is 2.05. The van der Waals surface area contributed by atoms with Crippen molar-refractivity contribution in [3.63, 3.8) is 0 Å². The number of amides is 2. The number of pyridine rings is 1. The molecule has 0 bridgehead atoms. The highest BCUT2D eigenvalue weighted by molar-refractivity contribution is 5.95. The Morgan fingerprint density at radius 2 is 2.16 bits per heavy atom. The van der Waals surface area contributed by atoms with Crippen LogP contribution in [0.1, 0.15) is 10.5 Å². The largest absolute Gasteiger partial charge is 0.395 e. The molecule has 7 nitrogen and oxygen atoms in total. The summed E-state index contributed by atoms with van der Waals surface area (Å²) in [6.07, 6.45) is 1.74. The standard InChI is InChI=1S/C12H14N4O3/c17-6-4-13-11(18)8-14-12(19)10-7-9-3-1-2-5-16(9)15-10/h1-3,5,7,17H,4,6,8H2,(H,13,18)(H,14,19). The van der Waals surface area contributed by atoms with E-state index in [2.05, 4.69) is 15.7 Å². The van der Waals surface area contributed by atoms with Gasteiger partial charge in [0.25, 0.3) is 5.91 Å². The van der Waals surface area contributed by atoms with Gasteiger partial charge in [-0.05, 0) is 18.2 Å². The number of nitrogens with one attached hydrogen (secondary N) is 2. The van der Waals surface area contributed by atoms with Gasteiger partial charge in [-0.3, -0.25) is 9.59 Å². The Hall–Kier alpha value is -2.41. The average Bonchev–Trinajstić information content (AvgIpc) is 2.86. The van der Waals surface area contributed by atoms with Gasteiger partial charge < -0.3 is 15.7 Å². The summed E-state index contributed by atoms with van der Waals surface area (Å²) in [4.78, 5) is 23.0. The van der Waals surface area contributed by atoms with Crippen LogP contribution in [0.3, 0.4) is 0 Å². The number of nitrogens with zero attached hydrogens (tertiary/aromatic N) is 2. The normalized spacial score (nSPS) is 10.4. The molecule has 0 spiro atoms. The molecule has 2 amide bonds. The molecule has 0 aliphatic rings. The number of fused-ring (bicyclic) bond motifs is 1. The Balaban J connectivity index is 1.94. The number of aliphatic hydroxyl groups is 1. The maximum Gasteiger partial charge on any atom is 0.272 e. The van der Waals surface area contributed by atoms with Gasteiger partial charge in [-0.1, -0.05) is 6.07 Å². The SMILES string of the molecule is O=C(CNC(=O)c1cc2ccccn2n1)NCCO. The summed E-state index contributed by atoms with van der Waals surface area (Å²) >= 11 is 0. The topological polar surface area (TPSA) is 95.7 Å². The lowest BCUT2D eigenvalue weighted by molar-refractivity contribution is -0.120. The molecule has 7 heteroatoms. The third kappa shape index (κ3) is 3.29. The van der Waals surface area contributed by atoms with Gasteiger partial charge in [0.2, 0.25) is 5.91 Å². The highest BCUT2D eigenvalue weighted by Gasteiger charge is 2.11. The molecule has 0 saturated heterocycles. The van der Waals surface area contributed by atoms with Crippen molar-refractivity contribution in [2.75, 3.05) is 19.7 Å². The van der Waals surface area contributed by atoms with Crippen molar-refractivity contribution in [3.8, 4) is 0 Å². The number of aliphatic hydroxyl groups excluding tert-OH is 1. The van der Waals surface area contributed by atoms with Crippen molar-refractivity contribution in [1.82, 2.24) is 20.2 Å². The van der Waals surface area contributed by atoms with Crippen LogP contribution in [0, 0.1) is 0 Å². The third-order valence-electron chi connectivity index (χ3n) is 2.45. The van der Waals surface area contributed by atoms with E-state index in [1.165, 1.54) is 0 Å². The van der Waals surface area contributed by atoms with Gasteiger partial charge in [0, 0.05) is 12.7 Å². The van der Waals surface area contributed by atoms with Crippen LogP contribution in [0.15, 0.2) is 30.5 Å². The molecule has 19 heavy (non-hydrogen) atoms. The smallest absolute Gasteiger partial charge is 0.272 e. The molecule has 0 unspecified atom stereocenters. The molecule has 0 radical (unpaired) electrons. The van der Waals surface area contributed by atoms with Gasteiger partial charge in [-0.15, -0.1) is 0 Å². The summed E-state index contributed by atoms with van der Waals surface area (Å²) in [7, 11) is 0. The minimum atomic E-state index is -0.414. The number of carbonyl (C=O) groups is 2. The van der Waals surface area contributed by atoms with Gasteiger partial charge in [0.05, 0.1) is 18.7 Å². The fourth-order valence-corrected chi connectivity index (χ4v) is 1.56. The first-order valence-corrected chi connectivity index (χ1v) is 5.81. The van der Waals surface area contributed by atoms with Crippen LogP contribution in [0.2, 0.25) is 0 Å². The number of aromatic nitrogens is 2. The van der Waals surface area contributed by atoms with Gasteiger partial charge in [-0.25, -0.2) is 4.52 Å². The molecule has 0 fully saturated rings. The second-order valence-corrected chi connectivity index (χ2v) is 3.86. The van der Waals surface area contributed by atoms with E-state index in [-0.39, 0.29) is 31.3 Å². The predicted octanol–water partition coefficient (Wildman–Crippen LogP) is -0.827. The molecule has 0 aliphatic carbocycles. The van der Waals surface area contributed by atoms with Crippen molar-refractivity contribution in [2.24, 2.45) is 0 Å². The minimum Gasteiger partial charge on any atom is -0.395 e. The van der Waals surface area contributed by atoms with Crippen LogP contribution in [-0.2, 0) is 4.79 Å². The molecule has 2 aromatic heterocycles. The summed E-state index contributed by atoms with van der Waals surface area (Å²) in [6, 6.07) is 7.13. The first-order valence-electron chi connectivity index (χ1n) is 5.81. The maximum absolute atomic E-state index is 11.8. The second-order valence-electron chi connectivity index (χ2n) is 3.86. The van der Waals surface area contributed by atoms with Crippen LogP contribution in [0.4, 0.5) is 0 Å². The van der Waals surface area contributed by atoms with E-state index in [4.69, 9.17) is 5.11 Å². The highest BCUT2D eigenvalue weighted by atomic mass is 16.3. The Morgan fingerprint density at radius 1 is 1.32 bits per heavy atom. The second kappa shape index (κ2) is 5.96. The number of hydrogen-bond donors (Lipinski definition) is 3. The van der Waals surface area contributed by atoms with E-state index in [0.29, 0.717) is 0 Å². The summed E-state index contributed by atoms with van der Waals surface area (Å²) in [5, 5.41) is 17.5. The molecule has 0 atom stereocenters. The quantitative estimate of drug-likeness (QED) is 0.655. The molecule has 0 saturated carbocycles. The van der Waals surface area contributed by atoms with E-state index in [0.717, 1.165) is 5.52 Å². The van der Waals surface area contributed by atoms with Gasteiger partial charge in [0.15, 0.2) is 5.69 Å². The summed E-state index contributed by atoms with van der Waals surface area (Å²) in [5.74, 6) is -0.769. The minimum absolute atomic E-state index is 0.133. The molecular weight excluding hydrogens is 248 g/mol. The summed E-state index contributed by atoms with van der Waals surface area (Å²) in [6.45, 7) is -0.109. The molecule has 3 N–H and O–H groups in total. The zero-order valence-electron chi connectivity index (χ0n) is 10.2. The van der Waals surface area contributed by atoms with Crippen molar-refractivity contribution < 1.29 is 14.7 Å². The van der Waals surface area contributed by atoms with E-state index in [1.54, 1.807) is 16.8 Å². The van der Waals surface area contributed by atoms with Crippen molar-refractivity contribution in [3.05, 3.63) is 36.2 Å². The van der Waals surface area contributed by atoms with Crippen molar-refractivity contribution >= 4 is 17.3 Å².